The van der Waals surface area contributed by atoms with Gasteiger partial charge in [-0.25, -0.2) is 4.79 Å². The second-order valence-electron chi connectivity index (χ2n) is 14.9. The van der Waals surface area contributed by atoms with Crippen molar-refractivity contribution in [2.45, 2.75) is 163 Å². The third-order valence-electron chi connectivity index (χ3n) is 10.1. The van der Waals surface area contributed by atoms with Crippen molar-refractivity contribution in [3.05, 3.63) is 35.9 Å². The number of rotatable bonds is 17. The molecule has 0 spiro atoms. The lowest BCUT2D eigenvalue weighted by Crippen LogP contribution is -2.67. The molecule has 0 bridgehead atoms. The highest BCUT2D eigenvalue weighted by Crippen LogP contribution is 2.45. The van der Waals surface area contributed by atoms with Gasteiger partial charge in [-0.3, -0.25) is 14.4 Å². The summed E-state index contributed by atoms with van der Waals surface area (Å²) in [4.78, 5) is 47.8. The van der Waals surface area contributed by atoms with Crippen LogP contribution in [-0.2, 0) is 28.7 Å². The van der Waals surface area contributed by atoms with Crippen LogP contribution in [0.3, 0.4) is 0 Å². The van der Waals surface area contributed by atoms with Crippen LogP contribution < -0.4 is 0 Å². The Balaban J connectivity index is 2.51. The third-order valence-corrected chi connectivity index (χ3v) is 10.1. The van der Waals surface area contributed by atoms with Gasteiger partial charge in [0, 0.05) is 12.3 Å². The van der Waals surface area contributed by atoms with Crippen molar-refractivity contribution in [2.24, 2.45) is 17.8 Å². The van der Waals surface area contributed by atoms with Crippen LogP contribution in [-0.4, -0.2) is 52.2 Å². The Morgan fingerprint density at radius 2 is 1.64 bits per heavy atom. The fraction of sp³-hybridized carbons (Fsp3) is 0.763. The molecule has 0 radical (unpaired) electrons. The zero-order chi connectivity index (χ0) is 34.0. The van der Waals surface area contributed by atoms with Crippen molar-refractivity contribution in [1.82, 2.24) is 5.06 Å². The van der Waals surface area contributed by atoms with Crippen LogP contribution in [0.5, 0.6) is 0 Å². The minimum Gasteiger partial charge on any atom is -0.465 e. The molecule has 1 heterocycles. The summed E-state index contributed by atoms with van der Waals surface area (Å²) in [6, 6.07) is 10.1. The molecule has 0 amide bonds. The number of hydrogen-bond donors (Lipinski definition) is 0. The molecule has 7 atom stereocenters. The number of hydrogen-bond acceptors (Lipinski definition) is 7. The molecule has 7 unspecified atom stereocenters. The molecule has 1 aliphatic heterocycles. The van der Waals surface area contributed by atoms with Gasteiger partial charge in [-0.05, 0) is 84.1 Å². The first-order valence-corrected chi connectivity index (χ1v) is 17.5. The maximum Gasteiger partial charge on any atom is 0.337 e. The van der Waals surface area contributed by atoms with E-state index in [1.165, 1.54) is 0 Å². The van der Waals surface area contributed by atoms with Crippen molar-refractivity contribution in [1.29, 1.82) is 0 Å². The van der Waals surface area contributed by atoms with Crippen LogP contribution in [0, 0.1) is 17.8 Å². The molecule has 0 N–H and O–H groups in total. The maximum absolute atomic E-state index is 13.9. The van der Waals surface area contributed by atoms with Gasteiger partial charge >= 0.3 is 11.9 Å². The predicted molar refractivity (Wildman–Crippen MR) is 181 cm³/mol. The number of ether oxygens (including phenoxy) is 2. The van der Waals surface area contributed by atoms with E-state index in [1.807, 2.05) is 71.7 Å². The standard InChI is InChI=1S/C38H63NO6/c1-12-16-20-29(13-2)26-43-34(41)31(23-27(5)30-21-18-17-19-22-30)24-33(35(42)44-36(7,8)9)45-39-37(10,14-3)25-32(40)28(6)38(39,11)15-4/h17-19,21-22,27-29,31,33H,12-16,20,23-26H2,1-11H3. The highest BCUT2D eigenvalue weighted by atomic mass is 16.7. The summed E-state index contributed by atoms with van der Waals surface area (Å²) < 4.78 is 11.9. The number of piperidine rings is 1. The van der Waals surface area contributed by atoms with Gasteiger partial charge < -0.3 is 9.47 Å². The van der Waals surface area contributed by atoms with E-state index in [1.54, 1.807) is 0 Å². The number of unbranched alkanes of at least 4 members (excludes halogenated alkanes) is 1. The molecule has 0 aliphatic carbocycles. The summed E-state index contributed by atoms with van der Waals surface area (Å²) >= 11 is 0. The molecule has 0 aromatic heterocycles. The van der Waals surface area contributed by atoms with Crippen molar-refractivity contribution in [3.63, 3.8) is 0 Å². The van der Waals surface area contributed by atoms with Gasteiger partial charge in [-0.2, -0.15) is 5.06 Å². The summed E-state index contributed by atoms with van der Waals surface area (Å²) in [6.45, 7) is 22.4. The van der Waals surface area contributed by atoms with E-state index < -0.39 is 34.7 Å². The second-order valence-corrected chi connectivity index (χ2v) is 14.9. The number of carbonyl (C=O) groups is 3. The molecule has 7 heteroatoms. The lowest BCUT2D eigenvalue weighted by atomic mass is 9.70. The number of ketones is 1. The topological polar surface area (TPSA) is 82.1 Å². The van der Waals surface area contributed by atoms with Gasteiger partial charge in [0.15, 0.2) is 6.10 Å². The molecule has 1 aliphatic rings. The summed E-state index contributed by atoms with van der Waals surface area (Å²) in [6.07, 6.45) is 5.38. The first-order chi connectivity index (χ1) is 21.0. The number of esters is 2. The normalized spacial score (nSPS) is 25.3. The smallest absolute Gasteiger partial charge is 0.337 e. The van der Waals surface area contributed by atoms with Crippen LogP contribution in [0.2, 0.25) is 0 Å². The first-order valence-electron chi connectivity index (χ1n) is 17.5. The predicted octanol–water partition coefficient (Wildman–Crippen LogP) is 8.84. The van der Waals surface area contributed by atoms with E-state index in [4.69, 9.17) is 14.3 Å². The third kappa shape index (κ3) is 10.6. The molecule has 7 nitrogen and oxygen atoms in total. The van der Waals surface area contributed by atoms with E-state index in [-0.39, 0.29) is 30.0 Å². The van der Waals surface area contributed by atoms with Crippen molar-refractivity contribution in [3.8, 4) is 0 Å². The summed E-state index contributed by atoms with van der Waals surface area (Å²) in [7, 11) is 0. The van der Waals surface area contributed by atoms with Gasteiger partial charge in [-0.15, -0.1) is 0 Å². The van der Waals surface area contributed by atoms with E-state index in [0.717, 1.165) is 31.2 Å². The largest absolute Gasteiger partial charge is 0.465 e. The highest BCUT2D eigenvalue weighted by molar-refractivity contribution is 5.84. The number of hydroxylamine groups is 2. The van der Waals surface area contributed by atoms with Crippen LogP contribution in [0.1, 0.15) is 145 Å². The van der Waals surface area contributed by atoms with E-state index >= 15 is 0 Å². The van der Waals surface area contributed by atoms with Gasteiger partial charge in [-0.1, -0.05) is 91.1 Å². The number of Topliss-reactive ketones (excluding diaryl/α,β-unsaturated/α-hetero) is 1. The second kappa shape index (κ2) is 17.1. The zero-order valence-electron chi connectivity index (χ0n) is 30.2. The summed E-state index contributed by atoms with van der Waals surface area (Å²) in [5.74, 6) is -1.13. The van der Waals surface area contributed by atoms with Crippen molar-refractivity contribution < 1.29 is 28.7 Å². The average Bonchev–Trinajstić information content (AvgIpc) is 3.00. The minimum atomic E-state index is -1.05. The molecule has 256 valence electrons. The van der Waals surface area contributed by atoms with Crippen LogP contribution >= 0.6 is 0 Å². The summed E-state index contributed by atoms with van der Waals surface area (Å²) in [5.41, 5.74) is -0.871. The maximum atomic E-state index is 13.9. The Labute approximate surface area is 274 Å². The van der Waals surface area contributed by atoms with Crippen LogP contribution in [0.4, 0.5) is 0 Å². The molecular formula is C38H63NO6. The molecule has 1 aromatic rings. The van der Waals surface area contributed by atoms with E-state index in [0.29, 0.717) is 38.2 Å². The van der Waals surface area contributed by atoms with E-state index in [2.05, 4.69) is 39.8 Å². The molecule has 1 fully saturated rings. The lowest BCUT2D eigenvalue weighted by molar-refractivity contribution is -0.316. The molecule has 2 rings (SSSR count). The lowest BCUT2D eigenvalue weighted by Gasteiger charge is -2.56. The monoisotopic (exact) mass is 629 g/mol. The van der Waals surface area contributed by atoms with E-state index in [9.17, 15) is 14.4 Å². The average molecular weight is 630 g/mol. The Bertz CT molecular complexity index is 1080. The van der Waals surface area contributed by atoms with Crippen molar-refractivity contribution in [2.75, 3.05) is 6.61 Å². The Morgan fingerprint density at radius 3 is 2.18 bits per heavy atom. The Hall–Kier alpha value is -2.25. The number of carbonyl (C=O) groups excluding carboxylic acids is 3. The number of nitrogens with zero attached hydrogens (tertiary/aromatic N) is 1. The molecular weight excluding hydrogens is 566 g/mol. The van der Waals surface area contributed by atoms with Gasteiger partial charge in [0.1, 0.15) is 11.4 Å². The Kier molecular flexibility index (Phi) is 14.8. The Morgan fingerprint density at radius 1 is 1.00 bits per heavy atom. The summed E-state index contributed by atoms with van der Waals surface area (Å²) in [5, 5.41) is 1.92. The number of benzene rings is 1. The van der Waals surface area contributed by atoms with Crippen molar-refractivity contribution >= 4 is 17.7 Å². The van der Waals surface area contributed by atoms with Crippen LogP contribution in [0.25, 0.3) is 0 Å². The fourth-order valence-corrected chi connectivity index (χ4v) is 6.49. The molecule has 45 heavy (non-hydrogen) atoms. The fourth-order valence-electron chi connectivity index (χ4n) is 6.49. The molecule has 1 aromatic carbocycles. The van der Waals surface area contributed by atoms with Crippen LogP contribution in [0.15, 0.2) is 30.3 Å². The zero-order valence-corrected chi connectivity index (χ0v) is 30.2. The van der Waals surface area contributed by atoms with Gasteiger partial charge in [0.2, 0.25) is 0 Å². The highest BCUT2D eigenvalue weighted by Gasteiger charge is 2.55. The SMILES string of the molecule is CCCCC(CC)COC(=O)C(CC(ON1C(C)(CC)CC(=O)C(C)C1(C)CC)C(=O)OC(C)(C)C)CC(C)c1ccccc1. The molecule has 1 saturated heterocycles. The minimum absolute atomic E-state index is 0.0551. The quantitative estimate of drug-likeness (QED) is 0.159. The first kappa shape index (κ1) is 38.9. The van der Waals surface area contributed by atoms with Gasteiger partial charge in [0.25, 0.3) is 0 Å². The molecule has 0 saturated carbocycles. The van der Waals surface area contributed by atoms with Gasteiger partial charge in [0.05, 0.1) is 23.6 Å².